The fourth-order valence-corrected chi connectivity index (χ4v) is 3.31. The smallest absolute Gasteiger partial charge is 0.268 e. The number of nitrogens with zero attached hydrogens (tertiary/aromatic N) is 4. The van der Waals surface area contributed by atoms with Gasteiger partial charge in [-0.05, 0) is 24.3 Å². The Bertz CT molecular complexity index is 749. The van der Waals surface area contributed by atoms with Crippen molar-refractivity contribution in [2.45, 2.75) is 12.6 Å². The van der Waals surface area contributed by atoms with Crippen LogP contribution in [-0.4, -0.2) is 58.5 Å². The van der Waals surface area contributed by atoms with Crippen molar-refractivity contribution in [2.24, 2.45) is 0 Å². The molecule has 1 fully saturated rings. The minimum atomic E-state index is -0.487. The first-order valence-electron chi connectivity index (χ1n) is 8.13. The summed E-state index contributed by atoms with van der Waals surface area (Å²) in [4.78, 5) is 33.2. The molecule has 0 bridgehead atoms. The number of fused-ring (bicyclic) bond motifs is 1. The summed E-state index contributed by atoms with van der Waals surface area (Å²) in [7, 11) is 0. The van der Waals surface area contributed by atoms with Crippen LogP contribution in [0.5, 0.6) is 0 Å². The molecule has 1 unspecified atom stereocenters. The van der Waals surface area contributed by atoms with Crippen LogP contribution in [0.4, 0.5) is 5.82 Å². The number of aromatic nitrogens is 2. The number of piperazine rings is 1. The molecule has 1 atom stereocenters. The summed E-state index contributed by atoms with van der Waals surface area (Å²) in [6, 6.07) is 8.94. The predicted octanol–water partition coefficient (Wildman–Crippen LogP) is 0.344. The van der Waals surface area contributed by atoms with Crippen LogP contribution in [0, 0.1) is 0 Å². The second-order valence-electron chi connectivity index (χ2n) is 6.07. The summed E-state index contributed by atoms with van der Waals surface area (Å²) in [5.41, 5.74) is 0.610. The number of nitrogens with one attached hydrogen (secondary N) is 1. The fourth-order valence-electron chi connectivity index (χ4n) is 3.31. The van der Waals surface area contributed by atoms with E-state index in [-0.39, 0.29) is 11.8 Å². The van der Waals surface area contributed by atoms with E-state index in [2.05, 4.69) is 15.2 Å². The zero-order valence-electron chi connectivity index (χ0n) is 13.3. The average molecular weight is 325 g/mol. The lowest BCUT2D eigenvalue weighted by Gasteiger charge is -2.37. The van der Waals surface area contributed by atoms with Crippen molar-refractivity contribution in [3.8, 4) is 0 Å². The van der Waals surface area contributed by atoms with Gasteiger partial charge in [0.2, 0.25) is 5.91 Å². The molecule has 0 aliphatic carbocycles. The molecular weight excluding hydrogens is 306 g/mol. The molecular formula is C17H19N5O2. The van der Waals surface area contributed by atoms with E-state index in [1.165, 1.54) is 0 Å². The highest BCUT2D eigenvalue weighted by Gasteiger charge is 2.33. The lowest BCUT2D eigenvalue weighted by molar-refractivity contribution is -0.134. The third-order valence-corrected chi connectivity index (χ3v) is 4.61. The summed E-state index contributed by atoms with van der Waals surface area (Å²) in [5, 5.41) is 2.82. The number of anilines is 1. The number of amides is 2. The second-order valence-corrected chi connectivity index (χ2v) is 6.07. The van der Waals surface area contributed by atoms with Crippen molar-refractivity contribution in [3.05, 3.63) is 48.4 Å². The standard InChI is InChI=1S/C17H19N5O2/c23-16-14-4-3-7-22(14)12-13(19-16)17(24)21-10-8-20(9-11-21)15-5-1-2-6-18-15/h1-7,13H,8-12H2,(H,19,23). The number of pyridine rings is 1. The molecule has 0 radical (unpaired) electrons. The molecule has 24 heavy (non-hydrogen) atoms. The Labute approximate surface area is 139 Å². The number of hydrogen-bond donors (Lipinski definition) is 1. The summed E-state index contributed by atoms with van der Waals surface area (Å²) >= 11 is 0. The Morgan fingerprint density at radius 1 is 1.12 bits per heavy atom. The molecule has 7 nitrogen and oxygen atoms in total. The van der Waals surface area contributed by atoms with Crippen molar-refractivity contribution in [3.63, 3.8) is 0 Å². The highest BCUT2D eigenvalue weighted by atomic mass is 16.2. The normalized spacial score (nSPS) is 20.5. The van der Waals surface area contributed by atoms with Crippen LogP contribution in [0.1, 0.15) is 10.5 Å². The first-order chi connectivity index (χ1) is 11.7. The number of carbonyl (C=O) groups is 2. The monoisotopic (exact) mass is 325 g/mol. The van der Waals surface area contributed by atoms with Crippen LogP contribution in [0.3, 0.4) is 0 Å². The second kappa shape index (κ2) is 5.99. The van der Waals surface area contributed by atoms with Gasteiger partial charge in [-0.2, -0.15) is 0 Å². The van der Waals surface area contributed by atoms with Gasteiger partial charge in [0, 0.05) is 38.6 Å². The van der Waals surface area contributed by atoms with E-state index < -0.39 is 6.04 Å². The lowest BCUT2D eigenvalue weighted by atomic mass is 10.1. The molecule has 2 aliphatic rings. The molecule has 0 spiro atoms. The number of hydrogen-bond acceptors (Lipinski definition) is 4. The predicted molar refractivity (Wildman–Crippen MR) is 88.7 cm³/mol. The summed E-state index contributed by atoms with van der Waals surface area (Å²) in [5.74, 6) is 0.743. The summed E-state index contributed by atoms with van der Waals surface area (Å²) in [6.07, 6.45) is 3.62. The summed E-state index contributed by atoms with van der Waals surface area (Å²) < 4.78 is 1.84. The van der Waals surface area contributed by atoms with E-state index in [1.54, 1.807) is 12.3 Å². The van der Waals surface area contributed by atoms with Gasteiger partial charge in [0.15, 0.2) is 0 Å². The van der Waals surface area contributed by atoms with E-state index in [9.17, 15) is 9.59 Å². The first kappa shape index (κ1) is 14.7. The molecule has 4 rings (SSSR count). The van der Waals surface area contributed by atoms with Crippen LogP contribution in [0.25, 0.3) is 0 Å². The van der Waals surface area contributed by atoms with Crippen molar-refractivity contribution in [2.75, 3.05) is 31.1 Å². The largest absolute Gasteiger partial charge is 0.353 e. The Kier molecular flexibility index (Phi) is 3.68. The topological polar surface area (TPSA) is 70.5 Å². The van der Waals surface area contributed by atoms with Crippen LogP contribution in [0.15, 0.2) is 42.7 Å². The molecule has 2 aliphatic heterocycles. The third-order valence-electron chi connectivity index (χ3n) is 4.61. The van der Waals surface area contributed by atoms with Crippen molar-refractivity contribution in [1.82, 2.24) is 19.8 Å². The van der Waals surface area contributed by atoms with Gasteiger partial charge in [-0.1, -0.05) is 6.07 Å². The van der Waals surface area contributed by atoms with Crippen LogP contribution in [0.2, 0.25) is 0 Å². The van der Waals surface area contributed by atoms with Crippen molar-refractivity contribution in [1.29, 1.82) is 0 Å². The van der Waals surface area contributed by atoms with E-state index in [1.807, 2.05) is 39.9 Å². The Balaban J connectivity index is 1.39. The minimum Gasteiger partial charge on any atom is -0.353 e. The Morgan fingerprint density at radius 3 is 2.71 bits per heavy atom. The van der Waals surface area contributed by atoms with Gasteiger partial charge in [-0.15, -0.1) is 0 Å². The van der Waals surface area contributed by atoms with Gasteiger partial charge in [-0.3, -0.25) is 9.59 Å². The van der Waals surface area contributed by atoms with Crippen LogP contribution in [-0.2, 0) is 11.3 Å². The number of carbonyl (C=O) groups excluding carboxylic acids is 2. The molecule has 2 aromatic heterocycles. The molecule has 2 aromatic rings. The Hall–Kier alpha value is -2.83. The zero-order chi connectivity index (χ0) is 16.5. The lowest BCUT2D eigenvalue weighted by Crippen LogP contribution is -2.57. The van der Waals surface area contributed by atoms with Gasteiger partial charge in [-0.25, -0.2) is 4.98 Å². The van der Waals surface area contributed by atoms with Gasteiger partial charge in [0.1, 0.15) is 17.6 Å². The molecule has 2 amide bonds. The van der Waals surface area contributed by atoms with E-state index in [4.69, 9.17) is 0 Å². The first-order valence-corrected chi connectivity index (χ1v) is 8.13. The van der Waals surface area contributed by atoms with Gasteiger partial charge in [0.25, 0.3) is 5.91 Å². The maximum Gasteiger partial charge on any atom is 0.268 e. The molecule has 0 aromatic carbocycles. The highest BCUT2D eigenvalue weighted by Crippen LogP contribution is 2.15. The third kappa shape index (κ3) is 2.62. The maximum absolute atomic E-state index is 12.7. The fraction of sp³-hybridized carbons (Fsp3) is 0.353. The van der Waals surface area contributed by atoms with Crippen LogP contribution < -0.4 is 10.2 Å². The molecule has 7 heteroatoms. The quantitative estimate of drug-likeness (QED) is 0.865. The Morgan fingerprint density at radius 2 is 1.96 bits per heavy atom. The van der Waals surface area contributed by atoms with E-state index in [0.717, 1.165) is 18.9 Å². The van der Waals surface area contributed by atoms with Crippen molar-refractivity contribution >= 4 is 17.6 Å². The molecule has 4 heterocycles. The maximum atomic E-state index is 12.7. The molecule has 0 saturated carbocycles. The van der Waals surface area contributed by atoms with Gasteiger partial charge >= 0.3 is 0 Å². The van der Waals surface area contributed by atoms with E-state index >= 15 is 0 Å². The van der Waals surface area contributed by atoms with Crippen LogP contribution >= 0.6 is 0 Å². The van der Waals surface area contributed by atoms with E-state index in [0.29, 0.717) is 25.3 Å². The minimum absolute atomic E-state index is 0.0108. The summed E-state index contributed by atoms with van der Waals surface area (Å²) in [6.45, 7) is 3.27. The average Bonchev–Trinajstić information content (AvgIpc) is 3.11. The highest BCUT2D eigenvalue weighted by molar-refractivity contribution is 5.97. The number of rotatable bonds is 2. The molecule has 1 N–H and O–H groups in total. The van der Waals surface area contributed by atoms with Gasteiger partial charge < -0.3 is 19.7 Å². The zero-order valence-corrected chi connectivity index (χ0v) is 13.3. The molecule has 1 saturated heterocycles. The van der Waals surface area contributed by atoms with Gasteiger partial charge in [0.05, 0.1) is 6.54 Å². The van der Waals surface area contributed by atoms with Crippen molar-refractivity contribution < 1.29 is 9.59 Å². The SMILES string of the molecule is O=C1NC(C(=O)N2CCN(c3ccccn3)CC2)Cn2cccc21. The molecule has 124 valence electrons.